The first kappa shape index (κ1) is 10.4. The Morgan fingerprint density at radius 2 is 1.75 bits per heavy atom. The average molecular weight is 215 g/mol. The summed E-state index contributed by atoms with van der Waals surface area (Å²) in [6.07, 6.45) is 2.98. The van der Waals surface area contributed by atoms with Gasteiger partial charge < -0.3 is 10.5 Å². The van der Waals surface area contributed by atoms with E-state index in [1.165, 1.54) is 12.4 Å². The van der Waals surface area contributed by atoms with E-state index in [1.807, 2.05) is 37.3 Å². The van der Waals surface area contributed by atoms with E-state index in [0.29, 0.717) is 11.7 Å². The van der Waals surface area contributed by atoms with E-state index < -0.39 is 0 Å². The first-order valence-corrected chi connectivity index (χ1v) is 5.05. The number of benzene rings is 1. The van der Waals surface area contributed by atoms with E-state index in [2.05, 4.69) is 9.97 Å². The van der Waals surface area contributed by atoms with Crippen molar-refractivity contribution in [3.63, 3.8) is 0 Å². The van der Waals surface area contributed by atoms with Crippen molar-refractivity contribution in [1.82, 2.24) is 9.97 Å². The molecule has 0 saturated heterocycles. The Balaban J connectivity index is 2.08. The fourth-order valence-electron chi connectivity index (χ4n) is 1.34. The molecule has 1 unspecified atom stereocenters. The second kappa shape index (κ2) is 4.61. The summed E-state index contributed by atoms with van der Waals surface area (Å²) in [4.78, 5) is 7.97. The third-order valence-electron chi connectivity index (χ3n) is 2.20. The van der Waals surface area contributed by atoms with Crippen LogP contribution in [0.3, 0.4) is 0 Å². The summed E-state index contributed by atoms with van der Waals surface area (Å²) >= 11 is 0. The van der Waals surface area contributed by atoms with Crippen LogP contribution < -0.4 is 10.5 Å². The van der Waals surface area contributed by atoms with Crippen molar-refractivity contribution in [2.45, 2.75) is 13.0 Å². The Bertz CT molecular complexity index is 442. The van der Waals surface area contributed by atoms with E-state index in [0.717, 1.165) is 5.56 Å². The van der Waals surface area contributed by atoms with Gasteiger partial charge in [0.05, 0.1) is 18.1 Å². The highest BCUT2D eigenvalue weighted by atomic mass is 16.5. The molecule has 0 fully saturated rings. The molecule has 1 aromatic heterocycles. The van der Waals surface area contributed by atoms with Crippen molar-refractivity contribution < 1.29 is 4.74 Å². The molecule has 0 aliphatic carbocycles. The summed E-state index contributed by atoms with van der Waals surface area (Å²) in [6.45, 7) is 1.95. The van der Waals surface area contributed by atoms with E-state index in [4.69, 9.17) is 10.5 Å². The van der Waals surface area contributed by atoms with Gasteiger partial charge in [-0.15, -0.1) is 0 Å². The summed E-state index contributed by atoms with van der Waals surface area (Å²) in [5.41, 5.74) is 7.10. The number of nitrogens with two attached hydrogens (primary N) is 1. The highest BCUT2D eigenvalue weighted by Gasteiger charge is 2.07. The number of anilines is 1. The van der Waals surface area contributed by atoms with Gasteiger partial charge in [0.15, 0.2) is 0 Å². The fraction of sp³-hybridized carbons (Fsp3) is 0.167. The summed E-state index contributed by atoms with van der Waals surface area (Å²) in [7, 11) is 0. The third kappa shape index (κ3) is 2.48. The minimum Gasteiger partial charge on any atom is -0.456 e. The molecule has 0 aliphatic rings. The number of aromatic nitrogens is 2. The lowest BCUT2D eigenvalue weighted by molar-refractivity contribution is 0.207. The monoisotopic (exact) mass is 215 g/mol. The van der Waals surface area contributed by atoms with Gasteiger partial charge in [-0.05, 0) is 12.5 Å². The Hall–Kier alpha value is -2.10. The molecule has 16 heavy (non-hydrogen) atoms. The normalized spacial score (nSPS) is 12.1. The van der Waals surface area contributed by atoms with Gasteiger partial charge in [-0.25, -0.2) is 9.97 Å². The summed E-state index contributed by atoms with van der Waals surface area (Å²) in [6, 6.07) is 10.3. The third-order valence-corrected chi connectivity index (χ3v) is 2.20. The molecule has 82 valence electrons. The molecule has 2 rings (SSSR count). The lowest BCUT2D eigenvalue weighted by Crippen LogP contribution is -2.05. The van der Waals surface area contributed by atoms with E-state index >= 15 is 0 Å². The Morgan fingerprint density at radius 1 is 1.12 bits per heavy atom. The number of hydrogen-bond acceptors (Lipinski definition) is 4. The predicted molar refractivity (Wildman–Crippen MR) is 61.9 cm³/mol. The molecule has 0 saturated carbocycles. The van der Waals surface area contributed by atoms with Crippen LogP contribution in [0.1, 0.15) is 18.6 Å². The van der Waals surface area contributed by atoms with Crippen LogP contribution in [-0.2, 0) is 0 Å². The highest BCUT2D eigenvalue weighted by molar-refractivity contribution is 5.31. The van der Waals surface area contributed by atoms with Crippen molar-refractivity contribution in [1.29, 1.82) is 0 Å². The maximum absolute atomic E-state index is 5.58. The van der Waals surface area contributed by atoms with E-state index in [9.17, 15) is 0 Å². The largest absolute Gasteiger partial charge is 0.456 e. The molecule has 4 heteroatoms. The van der Waals surface area contributed by atoms with Gasteiger partial charge >= 0.3 is 6.01 Å². The van der Waals surface area contributed by atoms with Crippen LogP contribution in [0.5, 0.6) is 6.01 Å². The molecule has 1 atom stereocenters. The zero-order chi connectivity index (χ0) is 11.4. The van der Waals surface area contributed by atoms with Crippen molar-refractivity contribution >= 4 is 5.69 Å². The Labute approximate surface area is 94.1 Å². The van der Waals surface area contributed by atoms with Crippen LogP contribution in [0, 0.1) is 0 Å². The van der Waals surface area contributed by atoms with Gasteiger partial charge in [-0.1, -0.05) is 30.3 Å². The van der Waals surface area contributed by atoms with Gasteiger partial charge in [-0.2, -0.15) is 0 Å². The molecule has 0 spiro atoms. The molecule has 0 bridgehead atoms. The average Bonchev–Trinajstić information content (AvgIpc) is 2.33. The lowest BCUT2D eigenvalue weighted by atomic mass is 10.1. The van der Waals surface area contributed by atoms with Crippen LogP contribution in [-0.4, -0.2) is 9.97 Å². The van der Waals surface area contributed by atoms with Crippen molar-refractivity contribution in [2.24, 2.45) is 0 Å². The number of rotatable bonds is 3. The second-order valence-electron chi connectivity index (χ2n) is 3.47. The summed E-state index contributed by atoms with van der Waals surface area (Å²) in [5, 5.41) is 0. The zero-order valence-corrected chi connectivity index (χ0v) is 9.00. The molecule has 1 aromatic carbocycles. The number of nitrogens with zero attached hydrogens (tertiary/aromatic N) is 2. The first-order valence-electron chi connectivity index (χ1n) is 5.05. The topological polar surface area (TPSA) is 61.0 Å². The maximum Gasteiger partial charge on any atom is 0.317 e. The SMILES string of the molecule is CC(Oc1ncc(N)cn1)c1ccccc1. The number of nitrogen functional groups attached to an aromatic ring is 1. The Morgan fingerprint density at radius 3 is 2.38 bits per heavy atom. The standard InChI is InChI=1S/C12H13N3O/c1-9(10-5-3-2-4-6-10)16-12-14-7-11(13)8-15-12/h2-9H,13H2,1H3. The van der Waals surface area contributed by atoms with Crippen LogP contribution in [0.4, 0.5) is 5.69 Å². The van der Waals surface area contributed by atoms with Gasteiger partial charge in [0.2, 0.25) is 0 Å². The smallest absolute Gasteiger partial charge is 0.317 e. The molecule has 0 radical (unpaired) electrons. The first-order chi connectivity index (χ1) is 7.75. The second-order valence-corrected chi connectivity index (χ2v) is 3.47. The van der Waals surface area contributed by atoms with Crippen molar-refractivity contribution in [2.75, 3.05) is 5.73 Å². The molecule has 1 heterocycles. The predicted octanol–water partition coefficient (Wildman–Crippen LogP) is 2.20. The van der Waals surface area contributed by atoms with Gasteiger partial charge in [0, 0.05) is 0 Å². The van der Waals surface area contributed by atoms with Gasteiger partial charge in [-0.3, -0.25) is 0 Å². The van der Waals surface area contributed by atoms with Crippen molar-refractivity contribution in [3.05, 3.63) is 48.3 Å². The molecule has 2 aromatic rings. The fourth-order valence-corrected chi connectivity index (χ4v) is 1.34. The molecule has 2 N–H and O–H groups in total. The number of ether oxygens (including phenoxy) is 1. The number of hydrogen-bond donors (Lipinski definition) is 1. The lowest BCUT2D eigenvalue weighted by Gasteiger charge is -2.12. The van der Waals surface area contributed by atoms with Gasteiger partial charge in [0.1, 0.15) is 6.10 Å². The minimum atomic E-state index is -0.0789. The maximum atomic E-state index is 5.58. The molecular weight excluding hydrogens is 202 g/mol. The van der Waals surface area contributed by atoms with E-state index in [-0.39, 0.29) is 6.10 Å². The highest BCUT2D eigenvalue weighted by Crippen LogP contribution is 2.17. The minimum absolute atomic E-state index is 0.0789. The van der Waals surface area contributed by atoms with Crippen LogP contribution >= 0.6 is 0 Å². The van der Waals surface area contributed by atoms with Crippen LogP contribution in [0.15, 0.2) is 42.7 Å². The van der Waals surface area contributed by atoms with Crippen molar-refractivity contribution in [3.8, 4) is 6.01 Å². The van der Waals surface area contributed by atoms with E-state index in [1.54, 1.807) is 0 Å². The Kier molecular flexibility index (Phi) is 3.00. The molecule has 0 amide bonds. The zero-order valence-electron chi connectivity index (χ0n) is 9.00. The van der Waals surface area contributed by atoms with Crippen LogP contribution in [0.2, 0.25) is 0 Å². The van der Waals surface area contributed by atoms with Gasteiger partial charge in [0.25, 0.3) is 0 Å². The summed E-state index contributed by atoms with van der Waals surface area (Å²) in [5.74, 6) is 0. The molecule has 4 nitrogen and oxygen atoms in total. The molecule has 0 aliphatic heterocycles. The molecular formula is C12H13N3O. The summed E-state index contributed by atoms with van der Waals surface area (Å²) < 4.78 is 5.58. The quantitative estimate of drug-likeness (QED) is 0.852. The van der Waals surface area contributed by atoms with Crippen LogP contribution in [0.25, 0.3) is 0 Å².